The molecule has 2 aromatic rings. The lowest BCUT2D eigenvalue weighted by atomic mass is 9.97. The Morgan fingerprint density at radius 3 is 2.22 bits per heavy atom. The SMILES string of the molecule is N#Cc1cc(C(=O)O)c2cccc(C(=O)O)c2c1. The fourth-order valence-corrected chi connectivity index (χ4v) is 1.81. The number of hydrogen-bond donors (Lipinski definition) is 2. The fraction of sp³-hybridized carbons (Fsp3) is 0. The van der Waals surface area contributed by atoms with E-state index < -0.39 is 11.9 Å². The van der Waals surface area contributed by atoms with Crippen molar-refractivity contribution in [3.05, 3.63) is 47.0 Å². The third-order valence-corrected chi connectivity index (χ3v) is 2.59. The molecule has 0 aliphatic heterocycles. The maximum absolute atomic E-state index is 11.1. The summed E-state index contributed by atoms with van der Waals surface area (Å²) in [5.41, 5.74) is 0.0212. The van der Waals surface area contributed by atoms with Gasteiger partial charge in [0.1, 0.15) is 0 Å². The predicted octanol–water partition coefficient (Wildman–Crippen LogP) is 2.11. The number of carbonyl (C=O) groups is 2. The summed E-state index contributed by atoms with van der Waals surface area (Å²) in [6.07, 6.45) is 0. The Morgan fingerprint density at radius 1 is 1.00 bits per heavy atom. The summed E-state index contributed by atoms with van der Waals surface area (Å²) in [4.78, 5) is 22.2. The number of aromatic carboxylic acids is 2. The molecule has 0 saturated carbocycles. The number of fused-ring (bicyclic) bond motifs is 1. The van der Waals surface area contributed by atoms with Gasteiger partial charge < -0.3 is 10.2 Å². The van der Waals surface area contributed by atoms with Crippen LogP contribution in [0.4, 0.5) is 0 Å². The van der Waals surface area contributed by atoms with Crippen molar-refractivity contribution in [2.24, 2.45) is 0 Å². The van der Waals surface area contributed by atoms with Crippen molar-refractivity contribution >= 4 is 22.7 Å². The second kappa shape index (κ2) is 4.18. The maximum Gasteiger partial charge on any atom is 0.336 e. The standard InChI is InChI=1S/C13H7NO4/c14-6-7-4-10-8(11(5-7)13(17)18)2-1-3-9(10)12(15)16/h1-5H,(H,15,16)(H,17,18). The van der Waals surface area contributed by atoms with Gasteiger partial charge >= 0.3 is 11.9 Å². The minimum atomic E-state index is -1.19. The van der Waals surface area contributed by atoms with E-state index in [4.69, 9.17) is 15.5 Å². The van der Waals surface area contributed by atoms with Gasteiger partial charge in [-0.1, -0.05) is 12.1 Å². The molecule has 2 aromatic carbocycles. The lowest BCUT2D eigenvalue weighted by molar-refractivity contribution is 0.0686. The highest BCUT2D eigenvalue weighted by Crippen LogP contribution is 2.24. The molecule has 0 bridgehead atoms. The monoisotopic (exact) mass is 241 g/mol. The molecule has 18 heavy (non-hydrogen) atoms. The summed E-state index contributed by atoms with van der Waals surface area (Å²) in [5, 5.41) is 27.5. The van der Waals surface area contributed by atoms with Crippen molar-refractivity contribution in [3.8, 4) is 6.07 Å². The highest BCUT2D eigenvalue weighted by Gasteiger charge is 2.15. The van der Waals surface area contributed by atoms with Crippen LogP contribution in [0.3, 0.4) is 0 Å². The van der Waals surface area contributed by atoms with Crippen LogP contribution in [0.5, 0.6) is 0 Å². The van der Waals surface area contributed by atoms with E-state index in [9.17, 15) is 9.59 Å². The van der Waals surface area contributed by atoms with E-state index in [1.165, 1.54) is 30.3 Å². The summed E-state index contributed by atoms with van der Waals surface area (Å²) in [5.74, 6) is -2.35. The summed E-state index contributed by atoms with van der Waals surface area (Å²) in [7, 11) is 0. The van der Waals surface area contributed by atoms with Gasteiger partial charge in [0.25, 0.3) is 0 Å². The third kappa shape index (κ3) is 1.76. The van der Waals surface area contributed by atoms with Gasteiger partial charge in [-0.05, 0) is 29.0 Å². The first-order valence-electron chi connectivity index (χ1n) is 4.98. The molecule has 0 fully saturated rings. The second-order valence-electron chi connectivity index (χ2n) is 3.65. The molecule has 0 aromatic heterocycles. The van der Waals surface area contributed by atoms with Crippen molar-refractivity contribution in [2.45, 2.75) is 0 Å². The van der Waals surface area contributed by atoms with Crippen LogP contribution in [0.15, 0.2) is 30.3 Å². The van der Waals surface area contributed by atoms with E-state index in [1.807, 2.05) is 6.07 Å². The van der Waals surface area contributed by atoms with Crippen molar-refractivity contribution in [3.63, 3.8) is 0 Å². The molecule has 2 rings (SSSR count). The maximum atomic E-state index is 11.1. The van der Waals surface area contributed by atoms with E-state index in [2.05, 4.69) is 0 Å². The van der Waals surface area contributed by atoms with Gasteiger partial charge in [0.2, 0.25) is 0 Å². The predicted molar refractivity (Wildman–Crippen MR) is 62.6 cm³/mol. The van der Waals surface area contributed by atoms with Gasteiger partial charge in [-0.2, -0.15) is 5.26 Å². The van der Waals surface area contributed by atoms with E-state index in [-0.39, 0.29) is 22.1 Å². The van der Waals surface area contributed by atoms with E-state index >= 15 is 0 Å². The molecule has 0 unspecified atom stereocenters. The molecule has 2 N–H and O–H groups in total. The van der Waals surface area contributed by atoms with Crippen LogP contribution in [0.2, 0.25) is 0 Å². The minimum absolute atomic E-state index is 0.0212. The molecule has 0 heterocycles. The average Bonchev–Trinajstić information content (AvgIpc) is 2.36. The quantitative estimate of drug-likeness (QED) is 0.838. The number of nitriles is 1. The van der Waals surface area contributed by atoms with Crippen LogP contribution in [0.1, 0.15) is 26.3 Å². The van der Waals surface area contributed by atoms with E-state index in [0.717, 1.165) is 0 Å². The van der Waals surface area contributed by atoms with Crippen molar-refractivity contribution in [2.75, 3.05) is 0 Å². The lowest BCUT2D eigenvalue weighted by Crippen LogP contribution is -2.02. The first-order valence-corrected chi connectivity index (χ1v) is 4.98. The average molecular weight is 241 g/mol. The van der Waals surface area contributed by atoms with Crippen LogP contribution >= 0.6 is 0 Å². The Balaban J connectivity index is 2.96. The van der Waals surface area contributed by atoms with Gasteiger partial charge in [0.15, 0.2) is 0 Å². The Bertz CT molecular complexity index is 713. The third-order valence-electron chi connectivity index (χ3n) is 2.59. The van der Waals surface area contributed by atoms with Gasteiger partial charge in [-0.25, -0.2) is 9.59 Å². The topological polar surface area (TPSA) is 98.4 Å². The first kappa shape index (κ1) is 11.6. The molecule has 0 spiro atoms. The highest BCUT2D eigenvalue weighted by atomic mass is 16.4. The molecule has 0 radical (unpaired) electrons. The van der Waals surface area contributed by atoms with Gasteiger partial charge in [0, 0.05) is 0 Å². The highest BCUT2D eigenvalue weighted by molar-refractivity contribution is 6.10. The Labute approximate surface area is 102 Å². The largest absolute Gasteiger partial charge is 0.478 e. The Morgan fingerprint density at radius 2 is 1.67 bits per heavy atom. The first-order chi connectivity index (χ1) is 8.54. The normalized spacial score (nSPS) is 9.94. The minimum Gasteiger partial charge on any atom is -0.478 e. The van der Waals surface area contributed by atoms with Crippen LogP contribution in [-0.4, -0.2) is 22.2 Å². The van der Waals surface area contributed by atoms with Gasteiger partial charge in [-0.3, -0.25) is 0 Å². The Kier molecular flexibility index (Phi) is 2.70. The molecular formula is C13H7NO4. The summed E-state index contributed by atoms with van der Waals surface area (Å²) in [6.45, 7) is 0. The van der Waals surface area contributed by atoms with Crippen LogP contribution < -0.4 is 0 Å². The zero-order chi connectivity index (χ0) is 13.3. The molecule has 0 aliphatic rings. The van der Waals surface area contributed by atoms with Crippen molar-refractivity contribution in [1.82, 2.24) is 0 Å². The summed E-state index contributed by atoms with van der Waals surface area (Å²) in [6, 6.07) is 8.81. The fourth-order valence-electron chi connectivity index (χ4n) is 1.81. The number of carboxylic acids is 2. The van der Waals surface area contributed by atoms with Crippen LogP contribution in [0, 0.1) is 11.3 Å². The number of hydrogen-bond acceptors (Lipinski definition) is 3. The molecule has 0 amide bonds. The zero-order valence-corrected chi connectivity index (χ0v) is 9.04. The smallest absolute Gasteiger partial charge is 0.336 e. The van der Waals surface area contributed by atoms with Crippen LogP contribution in [-0.2, 0) is 0 Å². The van der Waals surface area contributed by atoms with Crippen LogP contribution in [0.25, 0.3) is 10.8 Å². The van der Waals surface area contributed by atoms with Crippen molar-refractivity contribution < 1.29 is 19.8 Å². The lowest BCUT2D eigenvalue weighted by Gasteiger charge is -2.06. The number of carboxylic acid groups (broad SMARTS) is 2. The molecular weight excluding hydrogens is 234 g/mol. The molecule has 0 atom stereocenters. The van der Waals surface area contributed by atoms with Crippen molar-refractivity contribution in [1.29, 1.82) is 5.26 Å². The molecule has 0 aliphatic carbocycles. The van der Waals surface area contributed by atoms with Gasteiger partial charge in [0.05, 0.1) is 22.8 Å². The zero-order valence-electron chi connectivity index (χ0n) is 9.04. The summed E-state index contributed by atoms with van der Waals surface area (Å²) >= 11 is 0. The number of nitrogens with zero attached hydrogens (tertiary/aromatic N) is 1. The number of benzene rings is 2. The van der Waals surface area contributed by atoms with Gasteiger partial charge in [-0.15, -0.1) is 0 Å². The molecule has 5 nitrogen and oxygen atoms in total. The molecule has 88 valence electrons. The van der Waals surface area contributed by atoms with E-state index in [1.54, 1.807) is 0 Å². The number of rotatable bonds is 2. The Hall–Kier alpha value is -2.87. The van der Waals surface area contributed by atoms with E-state index in [0.29, 0.717) is 5.39 Å². The molecule has 5 heteroatoms. The summed E-state index contributed by atoms with van der Waals surface area (Å²) < 4.78 is 0. The molecule has 0 saturated heterocycles. The second-order valence-corrected chi connectivity index (χ2v) is 3.65.